The lowest BCUT2D eigenvalue weighted by atomic mass is 10.2. The van der Waals surface area contributed by atoms with Crippen LogP contribution in [0.4, 0.5) is 4.79 Å². The van der Waals surface area contributed by atoms with Crippen LogP contribution >= 0.6 is 12.6 Å². The van der Waals surface area contributed by atoms with E-state index in [2.05, 4.69) is 85.6 Å². The van der Waals surface area contributed by atoms with E-state index in [-0.39, 0.29) is 6.09 Å². The molecule has 0 saturated heterocycles. The minimum Gasteiger partial charge on any atom is -0.450 e. The zero-order valence-electron chi connectivity index (χ0n) is 16.1. The van der Waals surface area contributed by atoms with Crippen LogP contribution in [0.2, 0.25) is 0 Å². The van der Waals surface area contributed by atoms with Crippen molar-refractivity contribution in [2.45, 2.75) is 51.9 Å². The van der Waals surface area contributed by atoms with E-state index in [1.54, 1.807) is 0 Å². The summed E-state index contributed by atoms with van der Waals surface area (Å²) in [5, 5.41) is 2.61. The Morgan fingerprint density at radius 3 is 1.85 bits per heavy atom. The maximum atomic E-state index is 11.2. The lowest BCUT2D eigenvalue weighted by Crippen LogP contribution is -2.26. The SMILES string of the molecule is CC/C=C\C/C=C\C/C=C\C/C=C\C/C=C\CCCOC(=O)NCCS. The van der Waals surface area contributed by atoms with Crippen LogP contribution in [0.25, 0.3) is 0 Å². The maximum absolute atomic E-state index is 11.2. The fourth-order valence-corrected chi connectivity index (χ4v) is 2.06. The second-order valence-corrected chi connectivity index (χ2v) is 6.08. The summed E-state index contributed by atoms with van der Waals surface area (Å²) in [6.07, 6.45) is 28.3. The number of hydrogen-bond donors (Lipinski definition) is 2. The van der Waals surface area contributed by atoms with Crippen LogP contribution in [0, 0.1) is 0 Å². The molecule has 26 heavy (non-hydrogen) atoms. The Balaban J connectivity index is 3.46. The fourth-order valence-electron chi connectivity index (χ4n) is 1.94. The number of unbranched alkanes of at least 4 members (excludes halogenated alkanes) is 1. The first kappa shape index (κ1) is 24.3. The number of nitrogens with one attached hydrogen (secondary N) is 1. The van der Waals surface area contributed by atoms with Gasteiger partial charge in [0.2, 0.25) is 0 Å². The lowest BCUT2D eigenvalue weighted by Gasteiger charge is -2.04. The first-order chi connectivity index (χ1) is 12.8. The molecule has 4 heteroatoms. The summed E-state index contributed by atoms with van der Waals surface area (Å²) < 4.78 is 5.02. The second-order valence-electron chi connectivity index (χ2n) is 5.64. The molecule has 0 radical (unpaired) electrons. The second kappa shape index (κ2) is 21.4. The number of thiol groups is 1. The van der Waals surface area contributed by atoms with Gasteiger partial charge in [-0.1, -0.05) is 67.7 Å². The maximum Gasteiger partial charge on any atom is 0.407 e. The first-order valence-corrected chi connectivity index (χ1v) is 10.2. The average Bonchev–Trinajstić information content (AvgIpc) is 2.65. The van der Waals surface area contributed by atoms with Gasteiger partial charge < -0.3 is 10.1 Å². The summed E-state index contributed by atoms with van der Waals surface area (Å²) in [5.74, 6) is 0.620. The van der Waals surface area contributed by atoms with Crippen molar-refractivity contribution in [1.29, 1.82) is 0 Å². The van der Waals surface area contributed by atoms with Gasteiger partial charge in [-0.05, 0) is 44.9 Å². The molecule has 0 aliphatic carbocycles. The Kier molecular flexibility index (Phi) is 20.0. The van der Waals surface area contributed by atoms with E-state index in [4.69, 9.17) is 4.74 Å². The van der Waals surface area contributed by atoms with Crippen LogP contribution in [0.3, 0.4) is 0 Å². The third kappa shape index (κ3) is 20.4. The Bertz CT molecular complexity index is 465. The molecule has 0 saturated carbocycles. The zero-order chi connectivity index (χ0) is 19.1. The summed E-state index contributed by atoms with van der Waals surface area (Å²) in [4.78, 5) is 11.2. The van der Waals surface area contributed by atoms with Crippen LogP contribution in [-0.4, -0.2) is 25.0 Å². The molecule has 0 rings (SSSR count). The first-order valence-electron chi connectivity index (χ1n) is 9.57. The highest BCUT2D eigenvalue weighted by atomic mass is 32.1. The number of hydrogen-bond acceptors (Lipinski definition) is 3. The standard InChI is InChI=1S/C22H35NO2S/c1-2-3-4-5-6-7-8-9-10-11-12-13-14-15-16-17-18-20-25-22(24)23-19-21-26/h3-4,6-7,9-10,12-13,15-16,26H,2,5,8,11,14,17-21H2,1H3,(H,23,24)/b4-3-,7-6-,10-9-,13-12-,16-15-. The number of carbonyl (C=O) groups is 1. The van der Waals surface area contributed by atoms with E-state index in [9.17, 15) is 4.79 Å². The van der Waals surface area contributed by atoms with Crippen LogP contribution < -0.4 is 5.32 Å². The average molecular weight is 378 g/mol. The quantitative estimate of drug-likeness (QED) is 0.203. The zero-order valence-corrected chi connectivity index (χ0v) is 17.0. The number of ether oxygens (including phenoxy) is 1. The van der Waals surface area contributed by atoms with E-state index < -0.39 is 0 Å². The van der Waals surface area contributed by atoms with Crippen molar-refractivity contribution in [3.8, 4) is 0 Å². The summed E-state index contributed by atoms with van der Waals surface area (Å²) in [6.45, 7) is 3.14. The van der Waals surface area contributed by atoms with Crippen LogP contribution in [0.1, 0.15) is 51.9 Å². The molecule has 0 spiro atoms. The number of rotatable bonds is 15. The van der Waals surface area contributed by atoms with Crippen molar-refractivity contribution >= 4 is 18.7 Å². The molecule has 146 valence electrons. The van der Waals surface area contributed by atoms with E-state index in [1.807, 2.05) is 0 Å². The van der Waals surface area contributed by atoms with Gasteiger partial charge in [-0.3, -0.25) is 0 Å². The Morgan fingerprint density at radius 2 is 1.35 bits per heavy atom. The molecule has 1 amide bonds. The summed E-state index contributed by atoms with van der Waals surface area (Å²) in [7, 11) is 0. The van der Waals surface area contributed by atoms with Gasteiger partial charge in [-0.25, -0.2) is 4.79 Å². The molecule has 0 atom stereocenters. The molecule has 0 aromatic carbocycles. The van der Waals surface area contributed by atoms with Crippen LogP contribution in [-0.2, 0) is 4.74 Å². The molecule has 0 aliphatic heterocycles. The smallest absolute Gasteiger partial charge is 0.407 e. The van der Waals surface area contributed by atoms with Gasteiger partial charge >= 0.3 is 6.09 Å². The summed E-state index contributed by atoms with van der Waals surface area (Å²) >= 11 is 4.01. The molecule has 0 aromatic rings. The van der Waals surface area contributed by atoms with Crippen molar-refractivity contribution in [2.24, 2.45) is 0 Å². The third-order valence-corrected chi connectivity index (χ3v) is 3.51. The third-order valence-electron chi connectivity index (χ3n) is 3.29. The molecule has 0 aromatic heterocycles. The highest BCUT2D eigenvalue weighted by molar-refractivity contribution is 7.80. The highest BCUT2D eigenvalue weighted by Gasteiger charge is 1.98. The molecule has 1 N–H and O–H groups in total. The topological polar surface area (TPSA) is 38.3 Å². The Morgan fingerprint density at radius 1 is 0.846 bits per heavy atom. The number of allylic oxidation sites excluding steroid dienone is 10. The molecule has 0 fully saturated rings. The number of alkyl carbamates (subject to hydrolysis) is 1. The van der Waals surface area contributed by atoms with Crippen molar-refractivity contribution < 1.29 is 9.53 Å². The van der Waals surface area contributed by atoms with Gasteiger partial charge in [0.15, 0.2) is 0 Å². The summed E-state index contributed by atoms with van der Waals surface area (Å²) in [5.41, 5.74) is 0. The van der Waals surface area contributed by atoms with Gasteiger partial charge in [-0.15, -0.1) is 0 Å². The molecular formula is C22H35NO2S. The van der Waals surface area contributed by atoms with Crippen molar-refractivity contribution in [3.63, 3.8) is 0 Å². The van der Waals surface area contributed by atoms with Crippen LogP contribution in [0.15, 0.2) is 60.8 Å². The van der Waals surface area contributed by atoms with E-state index >= 15 is 0 Å². The highest BCUT2D eigenvalue weighted by Crippen LogP contribution is 1.97. The van der Waals surface area contributed by atoms with E-state index in [1.165, 1.54) is 0 Å². The Labute approximate surface area is 165 Å². The summed E-state index contributed by atoms with van der Waals surface area (Å²) in [6, 6.07) is 0. The van der Waals surface area contributed by atoms with Crippen molar-refractivity contribution in [1.82, 2.24) is 5.32 Å². The number of carbonyl (C=O) groups excluding carboxylic acids is 1. The van der Waals surface area contributed by atoms with Gasteiger partial charge in [0, 0.05) is 12.3 Å². The lowest BCUT2D eigenvalue weighted by molar-refractivity contribution is 0.146. The van der Waals surface area contributed by atoms with Gasteiger partial charge in [0.05, 0.1) is 6.61 Å². The molecule has 0 unspecified atom stereocenters. The molecular weight excluding hydrogens is 342 g/mol. The van der Waals surface area contributed by atoms with E-state index in [0.29, 0.717) is 18.9 Å². The van der Waals surface area contributed by atoms with Gasteiger partial charge in [-0.2, -0.15) is 12.6 Å². The van der Waals surface area contributed by atoms with Crippen LogP contribution in [0.5, 0.6) is 0 Å². The largest absolute Gasteiger partial charge is 0.450 e. The van der Waals surface area contributed by atoms with Crippen molar-refractivity contribution in [3.05, 3.63) is 60.8 Å². The predicted octanol–water partition coefficient (Wildman–Crippen LogP) is 6.17. The molecule has 3 nitrogen and oxygen atoms in total. The van der Waals surface area contributed by atoms with Gasteiger partial charge in [0.1, 0.15) is 0 Å². The normalized spacial score (nSPS) is 12.4. The van der Waals surface area contributed by atoms with Crippen molar-refractivity contribution in [2.75, 3.05) is 18.9 Å². The van der Waals surface area contributed by atoms with E-state index in [0.717, 1.165) is 44.9 Å². The minimum atomic E-state index is -0.358. The van der Waals surface area contributed by atoms with Gasteiger partial charge in [0.25, 0.3) is 0 Å². The monoisotopic (exact) mass is 377 g/mol. The number of amides is 1. The fraction of sp³-hybridized carbons (Fsp3) is 0.500. The molecule has 0 aliphatic rings. The minimum absolute atomic E-state index is 0.358. The molecule has 0 heterocycles. The Hall–Kier alpha value is -1.68. The predicted molar refractivity (Wildman–Crippen MR) is 117 cm³/mol. The molecule has 0 bridgehead atoms.